The van der Waals surface area contributed by atoms with Gasteiger partial charge in [-0.2, -0.15) is 0 Å². The first-order valence-electron chi connectivity index (χ1n) is 5.88. The van der Waals surface area contributed by atoms with Gasteiger partial charge in [-0.3, -0.25) is 0 Å². The largest absolute Gasteiger partial charge is 0.459 e. The molecule has 1 rings (SSSR count). The minimum atomic E-state index is -3.14. The van der Waals surface area contributed by atoms with Gasteiger partial charge in [0.15, 0.2) is 9.84 Å². The number of nitrogen functional groups attached to an aromatic ring is 1. The Hall–Kier alpha value is -1.56. The lowest BCUT2D eigenvalue weighted by molar-refractivity contribution is 0.0379. The van der Waals surface area contributed by atoms with Gasteiger partial charge in [-0.15, -0.1) is 0 Å². The summed E-state index contributed by atoms with van der Waals surface area (Å²) in [5.41, 5.74) is 7.62. The maximum Gasteiger partial charge on any atom is 0.340 e. The Bertz CT molecular complexity index is 591. The molecule has 6 heteroatoms. The Morgan fingerprint density at radius 3 is 2.42 bits per heavy atom. The number of rotatable bonds is 4. The van der Waals surface area contributed by atoms with Crippen molar-refractivity contribution in [3.8, 4) is 0 Å². The molecule has 19 heavy (non-hydrogen) atoms. The van der Waals surface area contributed by atoms with Crippen molar-refractivity contribution in [3.63, 3.8) is 0 Å². The molecule has 0 aliphatic rings. The van der Waals surface area contributed by atoms with Crippen LogP contribution in [0.15, 0.2) is 12.1 Å². The summed E-state index contributed by atoms with van der Waals surface area (Å²) in [6.07, 6.45) is 0.923. The van der Waals surface area contributed by atoms with Gasteiger partial charge in [0, 0.05) is 11.9 Å². The number of carbonyl (C=O) groups is 1. The Morgan fingerprint density at radius 1 is 1.37 bits per heavy atom. The highest BCUT2D eigenvalue weighted by atomic mass is 32.2. The minimum Gasteiger partial charge on any atom is -0.459 e. The molecule has 0 saturated carbocycles. The van der Waals surface area contributed by atoms with Gasteiger partial charge in [0.1, 0.15) is 0 Å². The van der Waals surface area contributed by atoms with Crippen molar-refractivity contribution in [1.29, 1.82) is 0 Å². The number of carbonyl (C=O) groups excluding carboxylic acids is 1. The first kappa shape index (κ1) is 15.5. The number of esters is 1. The monoisotopic (exact) mass is 285 g/mol. The van der Waals surface area contributed by atoms with Crippen LogP contribution in [0.2, 0.25) is 0 Å². The Balaban J connectivity index is 3.14. The van der Waals surface area contributed by atoms with Crippen molar-refractivity contribution >= 4 is 21.5 Å². The molecule has 0 amide bonds. The second-order valence-corrected chi connectivity index (χ2v) is 6.98. The summed E-state index contributed by atoms with van der Waals surface area (Å²) in [6.45, 7) is 5.19. The number of hydrogen-bond acceptors (Lipinski definition) is 5. The van der Waals surface area contributed by atoms with Gasteiger partial charge >= 0.3 is 5.97 Å². The lowest BCUT2D eigenvalue weighted by atomic mass is 10.0. The van der Waals surface area contributed by atoms with Crippen molar-refractivity contribution in [1.82, 2.24) is 0 Å². The first-order chi connectivity index (χ1) is 8.61. The zero-order valence-corrected chi connectivity index (χ0v) is 12.4. The van der Waals surface area contributed by atoms with E-state index in [0.717, 1.165) is 6.26 Å². The van der Waals surface area contributed by atoms with E-state index in [1.54, 1.807) is 26.8 Å². The Morgan fingerprint density at radius 2 is 1.95 bits per heavy atom. The zero-order valence-electron chi connectivity index (χ0n) is 11.6. The molecule has 0 aromatic heterocycles. The number of hydrogen-bond donors (Lipinski definition) is 1. The topological polar surface area (TPSA) is 86.5 Å². The van der Waals surface area contributed by atoms with E-state index in [1.165, 1.54) is 6.07 Å². The Kier molecular flexibility index (Phi) is 4.57. The highest BCUT2D eigenvalue weighted by Crippen LogP contribution is 2.23. The molecule has 0 fully saturated rings. The van der Waals surface area contributed by atoms with Crippen LogP contribution < -0.4 is 5.73 Å². The van der Waals surface area contributed by atoms with Gasteiger partial charge in [0.05, 0.1) is 17.4 Å². The molecular formula is C13H19NO4S. The van der Waals surface area contributed by atoms with Gasteiger partial charge < -0.3 is 10.5 Å². The number of nitrogens with two attached hydrogens (primary N) is 1. The summed E-state index contributed by atoms with van der Waals surface area (Å²) in [7, 11) is -3.14. The van der Waals surface area contributed by atoms with Crippen LogP contribution in [0.3, 0.4) is 0 Å². The fourth-order valence-corrected chi connectivity index (χ4v) is 2.55. The van der Waals surface area contributed by atoms with E-state index in [0.29, 0.717) is 11.1 Å². The predicted molar refractivity (Wildman–Crippen MR) is 74.7 cm³/mol. The molecule has 0 bridgehead atoms. The first-order valence-corrected chi connectivity index (χ1v) is 7.94. The summed E-state index contributed by atoms with van der Waals surface area (Å²) >= 11 is 0. The van der Waals surface area contributed by atoms with Crippen LogP contribution in [0.4, 0.5) is 5.69 Å². The van der Waals surface area contributed by atoms with E-state index in [2.05, 4.69) is 0 Å². The molecular weight excluding hydrogens is 266 g/mol. The van der Waals surface area contributed by atoms with Crippen molar-refractivity contribution < 1.29 is 17.9 Å². The average Bonchev–Trinajstić information content (AvgIpc) is 2.22. The van der Waals surface area contributed by atoms with E-state index in [-0.39, 0.29) is 23.1 Å². The van der Waals surface area contributed by atoms with Crippen molar-refractivity contribution in [3.05, 3.63) is 28.8 Å². The number of anilines is 1. The fraction of sp³-hybridized carbons (Fsp3) is 0.462. The molecule has 0 radical (unpaired) electrons. The lowest BCUT2D eigenvalue weighted by Crippen LogP contribution is -2.15. The lowest BCUT2D eigenvalue weighted by Gasteiger charge is -2.13. The van der Waals surface area contributed by atoms with Gasteiger partial charge in [0.25, 0.3) is 0 Å². The van der Waals surface area contributed by atoms with Gasteiger partial charge in [-0.1, -0.05) is 6.07 Å². The van der Waals surface area contributed by atoms with Gasteiger partial charge in [0.2, 0.25) is 0 Å². The van der Waals surface area contributed by atoms with Crippen molar-refractivity contribution in [2.75, 3.05) is 12.0 Å². The summed E-state index contributed by atoms with van der Waals surface area (Å²) in [4.78, 5) is 11.8. The third kappa shape index (κ3) is 4.24. The van der Waals surface area contributed by atoms with Gasteiger partial charge in [-0.05, 0) is 38.0 Å². The van der Waals surface area contributed by atoms with E-state index in [4.69, 9.17) is 10.5 Å². The third-order valence-electron chi connectivity index (χ3n) is 2.61. The molecule has 2 N–H and O–H groups in total. The molecule has 5 nitrogen and oxygen atoms in total. The quantitative estimate of drug-likeness (QED) is 0.672. The van der Waals surface area contributed by atoms with Crippen LogP contribution in [0.25, 0.3) is 0 Å². The van der Waals surface area contributed by atoms with E-state index < -0.39 is 15.8 Å². The zero-order chi connectivity index (χ0) is 14.8. The second-order valence-electron chi connectivity index (χ2n) is 4.84. The highest BCUT2D eigenvalue weighted by Gasteiger charge is 2.17. The van der Waals surface area contributed by atoms with Crippen LogP contribution in [0.5, 0.6) is 0 Å². The number of benzene rings is 1. The minimum absolute atomic E-state index is 0.0947. The normalized spacial score (nSPS) is 11.6. The smallest absolute Gasteiger partial charge is 0.340 e. The third-order valence-corrected chi connectivity index (χ3v) is 3.44. The predicted octanol–water partition coefficient (Wildman–Crippen LogP) is 1.69. The Labute approximate surface area is 113 Å². The molecule has 0 heterocycles. The molecule has 1 aromatic carbocycles. The fourth-order valence-electron chi connectivity index (χ4n) is 1.67. The SMILES string of the molecule is Cc1c(CS(C)(=O)=O)ccc(C(=O)OC(C)C)c1N. The van der Waals surface area contributed by atoms with Crippen LogP contribution in [-0.4, -0.2) is 26.7 Å². The van der Waals surface area contributed by atoms with Crippen LogP contribution in [0, 0.1) is 6.92 Å². The van der Waals surface area contributed by atoms with Crippen molar-refractivity contribution in [2.45, 2.75) is 32.6 Å². The van der Waals surface area contributed by atoms with Gasteiger partial charge in [-0.25, -0.2) is 13.2 Å². The molecule has 0 unspecified atom stereocenters. The van der Waals surface area contributed by atoms with Crippen LogP contribution in [0.1, 0.15) is 35.3 Å². The van der Waals surface area contributed by atoms with Crippen LogP contribution in [-0.2, 0) is 20.3 Å². The van der Waals surface area contributed by atoms with E-state index >= 15 is 0 Å². The molecule has 1 aromatic rings. The molecule has 0 saturated heterocycles. The standard InChI is InChI=1S/C13H19NO4S/c1-8(2)18-13(15)11-6-5-10(7-19(4,16)17)9(3)12(11)14/h5-6,8H,7,14H2,1-4H3. The van der Waals surface area contributed by atoms with Crippen molar-refractivity contribution in [2.24, 2.45) is 0 Å². The molecule has 0 aliphatic carbocycles. The average molecular weight is 285 g/mol. The number of sulfone groups is 1. The summed E-state index contributed by atoms with van der Waals surface area (Å²) in [6, 6.07) is 3.11. The maximum absolute atomic E-state index is 11.8. The highest BCUT2D eigenvalue weighted by molar-refractivity contribution is 7.89. The number of ether oxygens (including phenoxy) is 1. The second kappa shape index (κ2) is 5.61. The molecule has 0 aliphatic heterocycles. The molecule has 0 spiro atoms. The maximum atomic E-state index is 11.8. The van der Waals surface area contributed by atoms with Crippen LogP contribution >= 0.6 is 0 Å². The summed E-state index contributed by atoms with van der Waals surface area (Å²) in [5, 5.41) is 0. The molecule has 0 atom stereocenters. The summed E-state index contributed by atoms with van der Waals surface area (Å²) in [5.74, 6) is -0.593. The molecule has 106 valence electrons. The van der Waals surface area contributed by atoms with E-state index in [9.17, 15) is 13.2 Å². The summed E-state index contributed by atoms with van der Waals surface area (Å²) < 4.78 is 27.7. The van der Waals surface area contributed by atoms with E-state index in [1.807, 2.05) is 0 Å².